The SMILES string of the molecule is CSC(C)(C)CN1CCC(NC2CC2)C1=O. The van der Waals surface area contributed by atoms with Gasteiger partial charge in [0.2, 0.25) is 5.91 Å². The lowest BCUT2D eigenvalue weighted by molar-refractivity contribution is -0.129. The molecule has 1 aliphatic heterocycles. The lowest BCUT2D eigenvalue weighted by Gasteiger charge is -2.28. The molecule has 0 aromatic heterocycles. The third-order valence-corrected chi connectivity index (χ3v) is 4.67. The van der Waals surface area contributed by atoms with Crippen molar-refractivity contribution in [1.29, 1.82) is 0 Å². The zero-order chi connectivity index (χ0) is 11.8. The first kappa shape index (κ1) is 12.2. The maximum Gasteiger partial charge on any atom is 0.239 e. The summed E-state index contributed by atoms with van der Waals surface area (Å²) in [5, 5.41) is 3.44. The molecule has 2 aliphatic rings. The lowest BCUT2D eigenvalue weighted by atomic mass is 10.2. The fraction of sp³-hybridized carbons (Fsp3) is 0.917. The van der Waals surface area contributed by atoms with Crippen LogP contribution in [-0.4, -0.2) is 47.0 Å². The summed E-state index contributed by atoms with van der Waals surface area (Å²) in [6.07, 6.45) is 5.60. The first-order valence-electron chi connectivity index (χ1n) is 6.12. The fourth-order valence-corrected chi connectivity index (χ4v) is 2.39. The second-order valence-corrected chi connectivity index (χ2v) is 7.02. The van der Waals surface area contributed by atoms with E-state index in [0.717, 1.165) is 19.5 Å². The van der Waals surface area contributed by atoms with Crippen LogP contribution in [0.5, 0.6) is 0 Å². The van der Waals surface area contributed by atoms with Crippen LogP contribution in [0.25, 0.3) is 0 Å². The normalized spacial score (nSPS) is 26.6. The molecule has 16 heavy (non-hydrogen) atoms. The van der Waals surface area contributed by atoms with E-state index in [2.05, 4.69) is 25.4 Å². The van der Waals surface area contributed by atoms with Gasteiger partial charge in [0.05, 0.1) is 6.04 Å². The molecular formula is C12H22N2OS. The van der Waals surface area contributed by atoms with E-state index in [9.17, 15) is 4.79 Å². The van der Waals surface area contributed by atoms with Crippen molar-refractivity contribution in [3.05, 3.63) is 0 Å². The van der Waals surface area contributed by atoms with Gasteiger partial charge in [-0.25, -0.2) is 0 Å². The van der Waals surface area contributed by atoms with E-state index in [1.54, 1.807) is 0 Å². The van der Waals surface area contributed by atoms with Gasteiger partial charge in [-0.15, -0.1) is 0 Å². The van der Waals surface area contributed by atoms with Crippen LogP contribution in [0.3, 0.4) is 0 Å². The number of hydrogen-bond acceptors (Lipinski definition) is 3. The van der Waals surface area contributed by atoms with Gasteiger partial charge >= 0.3 is 0 Å². The number of rotatable bonds is 5. The minimum absolute atomic E-state index is 0.102. The average molecular weight is 242 g/mol. The molecule has 0 aromatic rings. The zero-order valence-electron chi connectivity index (χ0n) is 10.5. The molecule has 1 heterocycles. The van der Waals surface area contributed by atoms with E-state index < -0.39 is 0 Å². The topological polar surface area (TPSA) is 32.3 Å². The van der Waals surface area contributed by atoms with Crippen LogP contribution in [0.1, 0.15) is 33.1 Å². The Balaban J connectivity index is 1.85. The molecule has 0 aromatic carbocycles. The van der Waals surface area contributed by atoms with E-state index in [1.165, 1.54) is 12.8 Å². The summed E-state index contributed by atoms with van der Waals surface area (Å²) in [7, 11) is 0. The number of thioether (sulfide) groups is 1. The van der Waals surface area contributed by atoms with Crippen LogP contribution in [0.4, 0.5) is 0 Å². The van der Waals surface area contributed by atoms with Gasteiger partial charge in [0, 0.05) is 23.9 Å². The summed E-state index contributed by atoms with van der Waals surface area (Å²) >= 11 is 1.83. The number of likely N-dealkylation sites (tertiary alicyclic amines) is 1. The summed E-state index contributed by atoms with van der Waals surface area (Å²) in [5.74, 6) is 0.314. The molecule has 1 saturated heterocycles. The number of amides is 1. The molecule has 1 saturated carbocycles. The first-order valence-corrected chi connectivity index (χ1v) is 7.34. The molecule has 2 fully saturated rings. The van der Waals surface area contributed by atoms with Crippen molar-refractivity contribution in [1.82, 2.24) is 10.2 Å². The van der Waals surface area contributed by atoms with Crippen LogP contribution < -0.4 is 5.32 Å². The number of hydrogen-bond donors (Lipinski definition) is 1. The summed E-state index contributed by atoms with van der Waals surface area (Å²) in [6.45, 7) is 6.20. The first-order chi connectivity index (χ1) is 7.52. The van der Waals surface area contributed by atoms with Crippen molar-refractivity contribution in [2.45, 2.75) is 49.9 Å². The predicted molar refractivity (Wildman–Crippen MR) is 68.7 cm³/mol. The number of carbonyl (C=O) groups excluding carboxylic acids is 1. The summed E-state index contributed by atoms with van der Waals surface area (Å²) in [6, 6.07) is 0.729. The number of nitrogens with one attached hydrogen (secondary N) is 1. The van der Waals surface area contributed by atoms with Gasteiger partial charge in [0.15, 0.2) is 0 Å². The van der Waals surface area contributed by atoms with E-state index >= 15 is 0 Å². The van der Waals surface area contributed by atoms with Crippen LogP contribution >= 0.6 is 11.8 Å². The van der Waals surface area contributed by atoms with Crippen molar-refractivity contribution in [2.75, 3.05) is 19.3 Å². The van der Waals surface area contributed by atoms with Crippen LogP contribution in [0, 0.1) is 0 Å². The van der Waals surface area contributed by atoms with Gasteiger partial charge in [-0.2, -0.15) is 11.8 Å². The maximum absolute atomic E-state index is 12.1. The van der Waals surface area contributed by atoms with Gasteiger partial charge < -0.3 is 10.2 Å². The highest BCUT2D eigenvalue weighted by molar-refractivity contribution is 7.99. The van der Waals surface area contributed by atoms with Crippen molar-refractivity contribution in [3.8, 4) is 0 Å². The monoisotopic (exact) mass is 242 g/mol. The highest BCUT2D eigenvalue weighted by atomic mass is 32.2. The van der Waals surface area contributed by atoms with Crippen molar-refractivity contribution in [3.63, 3.8) is 0 Å². The third kappa shape index (κ3) is 2.92. The Morgan fingerprint density at radius 2 is 2.12 bits per heavy atom. The molecular weight excluding hydrogens is 220 g/mol. The quantitative estimate of drug-likeness (QED) is 0.792. The summed E-state index contributed by atoms with van der Waals surface area (Å²) in [5.41, 5.74) is 0. The molecule has 92 valence electrons. The van der Waals surface area contributed by atoms with Gasteiger partial charge in [-0.05, 0) is 39.4 Å². The van der Waals surface area contributed by atoms with Gasteiger partial charge in [0.1, 0.15) is 0 Å². The average Bonchev–Trinajstić information content (AvgIpc) is 2.99. The summed E-state index contributed by atoms with van der Waals surface area (Å²) in [4.78, 5) is 14.1. The van der Waals surface area contributed by atoms with E-state index in [0.29, 0.717) is 11.9 Å². The Morgan fingerprint density at radius 1 is 1.44 bits per heavy atom. The minimum atomic E-state index is 0.102. The maximum atomic E-state index is 12.1. The molecule has 1 unspecified atom stereocenters. The van der Waals surface area contributed by atoms with Crippen LogP contribution in [0.15, 0.2) is 0 Å². The van der Waals surface area contributed by atoms with Gasteiger partial charge in [0.25, 0.3) is 0 Å². The Bertz CT molecular complexity index is 276. The van der Waals surface area contributed by atoms with E-state index in [4.69, 9.17) is 0 Å². The number of carbonyl (C=O) groups is 1. The Labute approximate surface area is 102 Å². The fourth-order valence-electron chi connectivity index (χ4n) is 2.11. The molecule has 1 atom stereocenters. The minimum Gasteiger partial charge on any atom is -0.340 e. The molecule has 0 spiro atoms. The van der Waals surface area contributed by atoms with E-state index in [1.807, 2.05) is 16.7 Å². The van der Waals surface area contributed by atoms with Crippen LogP contribution in [0.2, 0.25) is 0 Å². The molecule has 4 heteroatoms. The second kappa shape index (κ2) is 4.57. The Kier molecular flexibility index (Phi) is 3.50. The molecule has 1 N–H and O–H groups in total. The van der Waals surface area contributed by atoms with Gasteiger partial charge in [-0.3, -0.25) is 4.79 Å². The highest BCUT2D eigenvalue weighted by Crippen LogP contribution is 2.26. The molecule has 0 radical (unpaired) electrons. The van der Waals surface area contributed by atoms with Crippen molar-refractivity contribution < 1.29 is 4.79 Å². The molecule has 1 aliphatic carbocycles. The van der Waals surface area contributed by atoms with Crippen molar-refractivity contribution in [2.24, 2.45) is 0 Å². The Hall–Kier alpha value is -0.220. The smallest absolute Gasteiger partial charge is 0.239 e. The van der Waals surface area contributed by atoms with Crippen molar-refractivity contribution >= 4 is 17.7 Å². The molecule has 2 rings (SSSR count). The second-order valence-electron chi connectivity index (χ2n) is 5.51. The largest absolute Gasteiger partial charge is 0.340 e. The highest BCUT2D eigenvalue weighted by Gasteiger charge is 2.37. The predicted octanol–water partition coefficient (Wildman–Crippen LogP) is 1.48. The molecule has 1 amide bonds. The third-order valence-electron chi connectivity index (χ3n) is 3.44. The van der Waals surface area contributed by atoms with E-state index in [-0.39, 0.29) is 10.8 Å². The summed E-state index contributed by atoms with van der Waals surface area (Å²) < 4.78 is 0.171. The zero-order valence-corrected chi connectivity index (χ0v) is 11.3. The van der Waals surface area contributed by atoms with Crippen LogP contribution in [-0.2, 0) is 4.79 Å². The van der Waals surface area contributed by atoms with Gasteiger partial charge in [-0.1, -0.05) is 0 Å². The molecule has 0 bridgehead atoms. The lowest BCUT2D eigenvalue weighted by Crippen LogP contribution is -2.43. The molecule has 3 nitrogen and oxygen atoms in total. The standard InChI is InChI=1S/C12H22N2OS/c1-12(2,16-3)8-14-7-6-10(11(14)15)13-9-4-5-9/h9-10,13H,4-8H2,1-3H3. The number of nitrogens with zero attached hydrogens (tertiary/aromatic N) is 1. The Morgan fingerprint density at radius 3 is 2.69 bits per heavy atom.